The lowest BCUT2D eigenvalue weighted by Gasteiger charge is -1.94. The first kappa shape index (κ1) is 11.0. The van der Waals surface area contributed by atoms with E-state index in [4.69, 9.17) is 0 Å². The molecule has 75 valence electrons. The normalized spacial score (nSPS) is 19.4. The molecule has 0 saturated carbocycles. The minimum atomic E-state index is 1.01. The van der Waals surface area contributed by atoms with E-state index in [9.17, 15) is 0 Å². The zero-order valence-electron chi connectivity index (χ0n) is 8.78. The third-order valence-electron chi connectivity index (χ3n) is 2.21. The highest BCUT2D eigenvalue weighted by molar-refractivity contribution is 5.06. The zero-order chi connectivity index (χ0) is 9.90. The molecule has 14 heavy (non-hydrogen) atoms. The molecular weight excluding hydrogens is 168 g/mol. The predicted octanol–water partition coefficient (Wildman–Crippen LogP) is 4.37. The Bertz CT molecular complexity index is 204. The summed E-state index contributed by atoms with van der Waals surface area (Å²) in [6.07, 6.45) is 25.5. The van der Waals surface area contributed by atoms with Gasteiger partial charge in [0.1, 0.15) is 0 Å². The standard InChI is InChI=1S/C14H19/c1-2-4-6-8-10-12-14-13-11-9-7-5-3-1/h1-4,7,9,13H,5-6,8,10,12,14H2. The van der Waals surface area contributed by atoms with Gasteiger partial charge in [0.05, 0.1) is 0 Å². The summed E-state index contributed by atoms with van der Waals surface area (Å²) in [7, 11) is 0. The van der Waals surface area contributed by atoms with E-state index in [-0.39, 0.29) is 0 Å². The second kappa shape index (κ2) is 8.55. The van der Waals surface area contributed by atoms with E-state index in [1.165, 1.54) is 32.1 Å². The van der Waals surface area contributed by atoms with Crippen LogP contribution in [0.1, 0.15) is 38.5 Å². The fourth-order valence-corrected chi connectivity index (χ4v) is 1.38. The lowest BCUT2D eigenvalue weighted by Crippen LogP contribution is -1.75. The third-order valence-corrected chi connectivity index (χ3v) is 2.21. The van der Waals surface area contributed by atoms with Crippen molar-refractivity contribution in [3.63, 3.8) is 0 Å². The van der Waals surface area contributed by atoms with E-state index in [0.29, 0.717) is 0 Å². The molecule has 1 rings (SSSR count). The molecule has 0 N–H and O–H groups in total. The van der Waals surface area contributed by atoms with Crippen molar-refractivity contribution in [3.8, 4) is 0 Å². The zero-order valence-corrected chi connectivity index (χ0v) is 8.78. The van der Waals surface area contributed by atoms with Gasteiger partial charge in [-0.3, -0.25) is 0 Å². The van der Waals surface area contributed by atoms with E-state index in [1.807, 2.05) is 6.08 Å². The number of hydrogen-bond donors (Lipinski definition) is 0. The maximum Gasteiger partial charge on any atom is -0.0163 e. The smallest absolute Gasteiger partial charge is 0.0163 e. The summed E-state index contributed by atoms with van der Waals surface area (Å²) in [6.45, 7) is 0. The van der Waals surface area contributed by atoms with Crippen molar-refractivity contribution >= 4 is 0 Å². The van der Waals surface area contributed by atoms with Crippen LogP contribution < -0.4 is 0 Å². The van der Waals surface area contributed by atoms with Gasteiger partial charge in [0.15, 0.2) is 0 Å². The Balaban J connectivity index is 2.35. The van der Waals surface area contributed by atoms with Crippen molar-refractivity contribution in [2.75, 3.05) is 0 Å². The Labute approximate surface area is 87.7 Å². The summed E-state index contributed by atoms with van der Waals surface area (Å²) in [6, 6.07) is 0. The number of allylic oxidation sites excluding steroid dienone is 8. The monoisotopic (exact) mass is 187 g/mol. The maximum absolute atomic E-state index is 3.18. The van der Waals surface area contributed by atoms with Gasteiger partial charge >= 0.3 is 0 Å². The van der Waals surface area contributed by atoms with Gasteiger partial charge in [-0.1, -0.05) is 49.0 Å². The number of hydrogen-bond acceptors (Lipinski definition) is 0. The first-order chi connectivity index (χ1) is 7.00. The van der Waals surface area contributed by atoms with Crippen LogP contribution >= 0.6 is 0 Å². The molecule has 0 spiro atoms. The highest BCUT2D eigenvalue weighted by atomic mass is 13.9. The molecule has 0 amide bonds. The first-order valence-corrected chi connectivity index (χ1v) is 5.54. The molecule has 1 aliphatic carbocycles. The van der Waals surface area contributed by atoms with Gasteiger partial charge in [-0.05, 0) is 38.2 Å². The Hall–Kier alpha value is -1.04. The molecule has 0 unspecified atom stereocenters. The van der Waals surface area contributed by atoms with E-state index < -0.39 is 0 Å². The Morgan fingerprint density at radius 3 is 2.64 bits per heavy atom. The average Bonchev–Trinajstić information content (AvgIpc) is 2.22. The van der Waals surface area contributed by atoms with Crippen LogP contribution in [0.25, 0.3) is 0 Å². The van der Waals surface area contributed by atoms with Gasteiger partial charge < -0.3 is 0 Å². The van der Waals surface area contributed by atoms with Gasteiger partial charge in [0, 0.05) is 0 Å². The van der Waals surface area contributed by atoms with Crippen molar-refractivity contribution in [1.82, 2.24) is 0 Å². The van der Waals surface area contributed by atoms with E-state index >= 15 is 0 Å². The summed E-state index contributed by atoms with van der Waals surface area (Å²) in [5.41, 5.74) is 0. The highest BCUT2D eigenvalue weighted by Gasteiger charge is 1.85. The minimum absolute atomic E-state index is 1.01. The predicted molar refractivity (Wildman–Crippen MR) is 62.9 cm³/mol. The van der Waals surface area contributed by atoms with Crippen LogP contribution in [0, 0.1) is 6.08 Å². The van der Waals surface area contributed by atoms with Gasteiger partial charge in [-0.25, -0.2) is 0 Å². The van der Waals surface area contributed by atoms with Gasteiger partial charge in [0.2, 0.25) is 0 Å². The molecule has 0 aromatic carbocycles. The molecule has 0 aromatic heterocycles. The van der Waals surface area contributed by atoms with Crippen LogP contribution in [0.4, 0.5) is 0 Å². The van der Waals surface area contributed by atoms with Crippen molar-refractivity contribution < 1.29 is 0 Å². The van der Waals surface area contributed by atoms with Crippen molar-refractivity contribution in [1.29, 1.82) is 0 Å². The van der Waals surface area contributed by atoms with Gasteiger partial charge in [0.25, 0.3) is 0 Å². The fourth-order valence-electron chi connectivity index (χ4n) is 1.38. The topological polar surface area (TPSA) is 0 Å². The quantitative estimate of drug-likeness (QED) is 0.528. The van der Waals surface area contributed by atoms with Crippen LogP contribution in [-0.4, -0.2) is 0 Å². The minimum Gasteiger partial charge on any atom is -0.0845 e. The third kappa shape index (κ3) is 6.47. The second-order valence-electron chi connectivity index (χ2n) is 3.50. The van der Waals surface area contributed by atoms with Crippen LogP contribution in [0.2, 0.25) is 0 Å². The molecule has 0 saturated heterocycles. The van der Waals surface area contributed by atoms with Gasteiger partial charge in [-0.15, -0.1) is 0 Å². The number of rotatable bonds is 0. The van der Waals surface area contributed by atoms with Crippen LogP contribution in [0.15, 0.2) is 42.5 Å². The molecule has 0 atom stereocenters. The van der Waals surface area contributed by atoms with Gasteiger partial charge in [-0.2, -0.15) is 0 Å². The maximum atomic E-state index is 3.18. The van der Waals surface area contributed by atoms with E-state index in [2.05, 4.69) is 42.5 Å². The summed E-state index contributed by atoms with van der Waals surface area (Å²) in [5.74, 6) is 0. The molecule has 0 aromatic rings. The average molecular weight is 187 g/mol. The molecule has 0 fully saturated rings. The van der Waals surface area contributed by atoms with Crippen molar-refractivity contribution in [2.45, 2.75) is 38.5 Å². The van der Waals surface area contributed by atoms with E-state index in [1.54, 1.807) is 0 Å². The lowest BCUT2D eigenvalue weighted by molar-refractivity contribution is 0.695. The molecular formula is C14H19. The van der Waals surface area contributed by atoms with Crippen LogP contribution in [0.3, 0.4) is 0 Å². The largest absolute Gasteiger partial charge is 0.0845 e. The summed E-state index contributed by atoms with van der Waals surface area (Å²) in [4.78, 5) is 0. The summed E-state index contributed by atoms with van der Waals surface area (Å²) < 4.78 is 0. The fraction of sp³-hybridized carbons (Fsp3) is 0.429. The second-order valence-corrected chi connectivity index (χ2v) is 3.50. The molecule has 1 radical (unpaired) electrons. The van der Waals surface area contributed by atoms with Crippen LogP contribution in [0.5, 0.6) is 0 Å². The lowest BCUT2D eigenvalue weighted by atomic mass is 10.1. The molecule has 1 aliphatic rings. The molecule has 0 heteroatoms. The molecule has 0 heterocycles. The summed E-state index contributed by atoms with van der Waals surface area (Å²) >= 11 is 0. The molecule has 0 aliphatic heterocycles. The molecule has 0 bridgehead atoms. The van der Waals surface area contributed by atoms with Crippen LogP contribution in [-0.2, 0) is 0 Å². The van der Waals surface area contributed by atoms with Crippen molar-refractivity contribution in [3.05, 3.63) is 48.6 Å². The molecule has 0 nitrogen and oxygen atoms in total. The Morgan fingerprint density at radius 1 is 0.786 bits per heavy atom. The van der Waals surface area contributed by atoms with Crippen molar-refractivity contribution in [2.24, 2.45) is 0 Å². The Kier molecular flexibility index (Phi) is 6.74. The summed E-state index contributed by atoms with van der Waals surface area (Å²) in [5, 5.41) is 0. The highest BCUT2D eigenvalue weighted by Crippen LogP contribution is 2.04. The SMILES string of the molecule is [C]1=CCCCCCC=CC=CCC=C1. The Morgan fingerprint density at radius 2 is 1.64 bits per heavy atom. The van der Waals surface area contributed by atoms with E-state index in [0.717, 1.165) is 6.42 Å². The first-order valence-electron chi connectivity index (χ1n) is 5.54.